The van der Waals surface area contributed by atoms with E-state index in [1.807, 2.05) is 43.3 Å². The van der Waals surface area contributed by atoms with Gasteiger partial charge in [0.15, 0.2) is 5.13 Å². The summed E-state index contributed by atoms with van der Waals surface area (Å²) in [4.78, 5) is 8.66. The molecule has 2 aromatic carbocycles. The van der Waals surface area contributed by atoms with Crippen LogP contribution in [0, 0.1) is 5.13 Å². The highest BCUT2D eigenvalue weighted by atomic mass is 32.1. The SMILES string of the molecule is C=C/C(=C\C(=C/C)c1ccc2[nH]nc(-c3cc4c(-c5ccc(F)s5)cncc4[nH]3)c2c1)NC(=C)c1ccccc1. The number of thiophene rings is 1. The first-order valence-corrected chi connectivity index (χ1v) is 13.6. The predicted octanol–water partition coefficient (Wildman–Crippen LogP) is 8.71. The molecule has 0 bridgehead atoms. The van der Waals surface area contributed by atoms with Gasteiger partial charge in [-0.3, -0.25) is 10.1 Å². The second kappa shape index (κ2) is 10.6. The van der Waals surface area contributed by atoms with Crippen LogP contribution in [0.3, 0.4) is 0 Å². The van der Waals surface area contributed by atoms with Gasteiger partial charge in [-0.2, -0.15) is 9.49 Å². The monoisotopic (exact) mass is 543 g/mol. The summed E-state index contributed by atoms with van der Waals surface area (Å²) in [5.41, 5.74) is 9.06. The summed E-state index contributed by atoms with van der Waals surface area (Å²) < 4.78 is 13.7. The Labute approximate surface area is 235 Å². The third-order valence-electron chi connectivity index (χ3n) is 6.79. The van der Waals surface area contributed by atoms with Gasteiger partial charge in [0.05, 0.1) is 22.9 Å². The molecule has 7 heteroatoms. The molecule has 0 aliphatic rings. The Morgan fingerprint density at radius 3 is 2.58 bits per heavy atom. The van der Waals surface area contributed by atoms with E-state index in [0.717, 1.165) is 83.1 Å². The van der Waals surface area contributed by atoms with Crippen LogP contribution in [0.1, 0.15) is 18.1 Å². The first kappa shape index (κ1) is 25.3. The van der Waals surface area contributed by atoms with Gasteiger partial charge in [-0.05, 0) is 66.1 Å². The van der Waals surface area contributed by atoms with E-state index in [9.17, 15) is 4.39 Å². The Morgan fingerprint density at radius 1 is 0.975 bits per heavy atom. The summed E-state index contributed by atoms with van der Waals surface area (Å²) in [6.07, 6.45) is 9.47. The van der Waals surface area contributed by atoms with Crippen LogP contribution in [0.4, 0.5) is 4.39 Å². The lowest BCUT2D eigenvalue weighted by Crippen LogP contribution is -2.09. The second-order valence-corrected chi connectivity index (χ2v) is 10.3. The van der Waals surface area contributed by atoms with E-state index in [4.69, 9.17) is 0 Å². The Hall–Kier alpha value is -5.01. The minimum Gasteiger partial charge on any atom is -0.356 e. The average Bonchev–Trinajstić information content (AvgIpc) is 3.72. The van der Waals surface area contributed by atoms with Crippen LogP contribution in [-0.4, -0.2) is 20.2 Å². The molecule has 0 atom stereocenters. The first-order valence-electron chi connectivity index (χ1n) is 12.8. The molecule has 0 spiro atoms. The summed E-state index contributed by atoms with van der Waals surface area (Å²) in [5, 5.41) is 12.9. The van der Waals surface area contributed by atoms with Gasteiger partial charge in [-0.25, -0.2) is 0 Å². The average molecular weight is 544 g/mol. The van der Waals surface area contributed by atoms with E-state index in [-0.39, 0.29) is 5.13 Å². The maximum absolute atomic E-state index is 13.7. The van der Waals surface area contributed by atoms with Crippen LogP contribution >= 0.6 is 11.3 Å². The molecule has 0 amide bonds. The van der Waals surface area contributed by atoms with Crippen LogP contribution in [0.2, 0.25) is 0 Å². The molecule has 0 aliphatic carbocycles. The lowest BCUT2D eigenvalue weighted by Gasteiger charge is -2.12. The normalized spacial score (nSPS) is 12.2. The lowest BCUT2D eigenvalue weighted by atomic mass is 10.0. The molecule has 0 saturated carbocycles. The molecular formula is C33H26FN5S. The summed E-state index contributed by atoms with van der Waals surface area (Å²) in [6.45, 7) is 10.2. The molecule has 4 aromatic heterocycles. The second-order valence-electron chi connectivity index (χ2n) is 9.29. The molecule has 40 heavy (non-hydrogen) atoms. The van der Waals surface area contributed by atoms with Crippen molar-refractivity contribution in [2.45, 2.75) is 6.92 Å². The van der Waals surface area contributed by atoms with E-state index in [1.54, 1.807) is 24.5 Å². The maximum Gasteiger partial charge on any atom is 0.176 e. The van der Waals surface area contributed by atoms with Crippen molar-refractivity contribution in [1.82, 2.24) is 25.5 Å². The van der Waals surface area contributed by atoms with Crippen molar-refractivity contribution < 1.29 is 4.39 Å². The van der Waals surface area contributed by atoms with Crippen molar-refractivity contribution in [3.63, 3.8) is 0 Å². The van der Waals surface area contributed by atoms with E-state index in [2.05, 4.69) is 69.0 Å². The highest BCUT2D eigenvalue weighted by Gasteiger charge is 2.16. The number of allylic oxidation sites excluding steroid dienone is 4. The quantitative estimate of drug-likeness (QED) is 0.168. The number of nitrogens with one attached hydrogen (secondary N) is 3. The number of aromatic amines is 2. The van der Waals surface area contributed by atoms with Crippen LogP contribution in [0.15, 0.2) is 116 Å². The van der Waals surface area contributed by atoms with Gasteiger partial charge in [0.25, 0.3) is 0 Å². The molecule has 5 nitrogen and oxygen atoms in total. The molecule has 6 aromatic rings. The van der Waals surface area contributed by atoms with Gasteiger partial charge in [-0.1, -0.05) is 55.6 Å². The highest BCUT2D eigenvalue weighted by molar-refractivity contribution is 7.14. The number of aromatic nitrogens is 4. The maximum atomic E-state index is 13.7. The third kappa shape index (κ3) is 4.79. The summed E-state index contributed by atoms with van der Waals surface area (Å²) in [7, 11) is 0. The number of nitrogens with zero attached hydrogens (tertiary/aromatic N) is 2. The Bertz CT molecular complexity index is 1940. The highest BCUT2D eigenvalue weighted by Crippen LogP contribution is 2.36. The summed E-state index contributed by atoms with van der Waals surface area (Å²) >= 11 is 1.11. The van der Waals surface area contributed by atoms with Crippen molar-refractivity contribution in [3.8, 4) is 21.8 Å². The number of rotatable bonds is 8. The fourth-order valence-electron chi connectivity index (χ4n) is 4.77. The molecule has 196 valence electrons. The topological polar surface area (TPSA) is 69.4 Å². The smallest absolute Gasteiger partial charge is 0.176 e. The van der Waals surface area contributed by atoms with Gasteiger partial charge < -0.3 is 10.3 Å². The summed E-state index contributed by atoms with van der Waals surface area (Å²) in [6, 6.07) is 21.5. The molecule has 4 heterocycles. The van der Waals surface area contributed by atoms with E-state index < -0.39 is 0 Å². The molecule has 0 fully saturated rings. The molecule has 0 unspecified atom stereocenters. The van der Waals surface area contributed by atoms with Gasteiger partial charge in [0.2, 0.25) is 0 Å². The summed E-state index contributed by atoms with van der Waals surface area (Å²) in [5.74, 6) is 0. The van der Waals surface area contributed by atoms with Crippen molar-refractivity contribution >= 4 is 44.4 Å². The number of hydrogen-bond acceptors (Lipinski definition) is 4. The number of halogens is 1. The largest absolute Gasteiger partial charge is 0.356 e. The van der Waals surface area contributed by atoms with Crippen molar-refractivity contribution in [3.05, 3.63) is 132 Å². The van der Waals surface area contributed by atoms with Gasteiger partial charge in [0, 0.05) is 38.8 Å². The van der Waals surface area contributed by atoms with Gasteiger partial charge in [-0.15, -0.1) is 11.3 Å². The molecule has 0 saturated heterocycles. The van der Waals surface area contributed by atoms with E-state index in [0.29, 0.717) is 0 Å². The first-order chi connectivity index (χ1) is 19.5. The molecule has 0 aliphatic heterocycles. The zero-order valence-corrected chi connectivity index (χ0v) is 22.6. The third-order valence-corrected chi connectivity index (χ3v) is 7.70. The van der Waals surface area contributed by atoms with Crippen molar-refractivity contribution in [2.75, 3.05) is 0 Å². The van der Waals surface area contributed by atoms with E-state index >= 15 is 0 Å². The lowest BCUT2D eigenvalue weighted by molar-refractivity contribution is 0.657. The minimum atomic E-state index is -0.221. The fraction of sp³-hybridized carbons (Fsp3) is 0.0303. The molecular weight excluding hydrogens is 517 g/mol. The van der Waals surface area contributed by atoms with Gasteiger partial charge in [0.1, 0.15) is 5.69 Å². The number of hydrogen-bond donors (Lipinski definition) is 3. The fourth-order valence-corrected chi connectivity index (χ4v) is 5.52. The molecule has 6 rings (SSSR count). The molecule has 3 N–H and O–H groups in total. The zero-order valence-electron chi connectivity index (χ0n) is 21.8. The number of H-pyrrole nitrogens is 2. The van der Waals surface area contributed by atoms with Crippen molar-refractivity contribution in [1.29, 1.82) is 0 Å². The Kier molecular flexibility index (Phi) is 6.72. The van der Waals surface area contributed by atoms with Crippen LogP contribution < -0.4 is 5.32 Å². The Morgan fingerprint density at radius 2 is 1.82 bits per heavy atom. The number of fused-ring (bicyclic) bond motifs is 2. The molecule has 0 radical (unpaired) electrons. The van der Waals surface area contributed by atoms with Crippen LogP contribution in [0.25, 0.3) is 54.9 Å². The van der Waals surface area contributed by atoms with Crippen LogP contribution in [0.5, 0.6) is 0 Å². The number of pyridine rings is 1. The van der Waals surface area contributed by atoms with Gasteiger partial charge >= 0.3 is 0 Å². The Balaban J connectivity index is 1.36. The number of benzene rings is 2. The standard InChI is InChI=1S/C33H26FN5S/c1-4-21(15-24(5-2)36-20(3)22-9-7-6-8-10-22)23-11-12-28-26(16-23)33(39-38-28)29-17-25-27(18-35-19-30(25)37-29)31-13-14-32(34)40-31/h4-19,36-37H,2-3H2,1H3,(H,38,39)/b21-4+,24-15+. The minimum absolute atomic E-state index is 0.221. The van der Waals surface area contributed by atoms with Crippen molar-refractivity contribution in [2.24, 2.45) is 0 Å². The predicted molar refractivity (Wildman–Crippen MR) is 165 cm³/mol. The van der Waals surface area contributed by atoms with Crippen LogP contribution in [-0.2, 0) is 0 Å². The zero-order chi connectivity index (χ0) is 27.6. The van der Waals surface area contributed by atoms with E-state index in [1.165, 1.54) is 6.07 Å².